The van der Waals surface area contributed by atoms with Crippen LogP contribution in [0.25, 0.3) is 0 Å². The highest BCUT2D eigenvalue weighted by atomic mass is 16.3. The molecule has 0 spiro atoms. The van der Waals surface area contributed by atoms with Crippen LogP contribution in [-0.2, 0) is 40.0 Å². The summed E-state index contributed by atoms with van der Waals surface area (Å²) in [6.45, 7) is 0.679. The first-order valence-corrected chi connectivity index (χ1v) is 18.3. The quantitative estimate of drug-likeness (QED) is 0.105. The van der Waals surface area contributed by atoms with E-state index in [9.17, 15) is 59.1 Å². The molecule has 20 heteroatoms. The molecule has 10 atom stereocenters. The summed E-state index contributed by atoms with van der Waals surface area (Å²) in [6.07, 6.45) is -5.65. The van der Waals surface area contributed by atoms with E-state index >= 15 is 0 Å². The molecule has 12 N–H and O–H groups in total. The molecule has 7 amide bonds. The van der Waals surface area contributed by atoms with E-state index in [0.29, 0.717) is 12.0 Å². The van der Waals surface area contributed by atoms with Gasteiger partial charge in [-0.2, -0.15) is 0 Å². The fourth-order valence-electron chi connectivity index (χ4n) is 7.07. The summed E-state index contributed by atoms with van der Waals surface area (Å²) in [5.74, 6) is -5.27. The predicted octanol–water partition coefficient (Wildman–Crippen LogP) is -5.18. The number of nitrogens with two attached hydrogens (primary N) is 1. The second kappa shape index (κ2) is 19.6. The Labute approximate surface area is 317 Å². The van der Waals surface area contributed by atoms with Gasteiger partial charge in [0.25, 0.3) is 0 Å². The highest BCUT2D eigenvalue weighted by Crippen LogP contribution is 2.23. The number of fused-ring (bicyclic) bond motifs is 2. The summed E-state index contributed by atoms with van der Waals surface area (Å²) >= 11 is 0. The van der Waals surface area contributed by atoms with E-state index in [1.165, 1.54) is 36.1 Å². The van der Waals surface area contributed by atoms with Crippen molar-refractivity contribution < 1.29 is 59.1 Å². The largest absolute Gasteiger partial charge is 0.508 e. The van der Waals surface area contributed by atoms with Gasteiger partial charge in [0.15, 0.2) is 0 Å². The van der Waals surface area contributed by atoms with E-state index < -0.39 is 116 Å². The highest BCUT2D eigenvalue weighted by molar-refractivity contribution is 5.97. The Morgan fingerprint density at radius 3 is 2.22 bits per heavy atom. The molecule has 3 aliphatic rings. The maximum absolute atomic E-state index is 14.1. The van der Waals surface area contributed by atoms with Gasteiger partial charge in [-0.05, 0) is 56.8 Å². The molecule has 5 unspecified atom stereocenters. The topological polar surface area (TPSA) is 313 Å². The zero-order valence-electron chi connectivity index (χ0n) is 30.5. The number of amides is 7. The van der Waals surface area contributed by atoms with Gasteiger partial charge in [0, 0.05) is 38.9 Å². The minimum atomic E-state index is -1.75. The number of nitrogens with one attached hydrogen (secondary N) is 5. The number of rotatable bonds is 9. The van der Waals surface area contributed by atoms with E-state index in [4.69, 9.17) is 5.73 Å². The standard InChI is InChI=1S/C35H52N8O12/c1-18(45)28-35(55)43-16-22(48)14-26(43)32(52)41-29(27(49)12-19-6-8-20(46)9-7-19)33(53)39-23(4-2-10-36)34(54)42-11-3-5-25(42)31(51)37-15-21(47)13-24(38-17-44)30(50)40-28/h6-9,17-18,21-29,45-49H,2-5,10-16,36H2,1H3,(H,37,51)(H,38,44)(H,39,53)(H,40,50)(H,41,52)/t18-,21-,22-,23?,24+,25?,26?,27-,28?,29?/m1/s1. The first kappa shape index (κ1) is 42.8. The summed E-state index contributed by atoms with van der Waals surface area (Å²) in [4.78, 5) is 96.3. The van der Waals surface area contributed by atoms with Gasteiger partial charge >= 0.3 is 0 Å². The summed E-state index contributed by atoms with van der Waals surface area (Å²) in [6, 6.07) is -2.92. The Hall–Kier alpha value is -4.89. The highest BCUT2D eigenvalue weighted by Gasteiger charge is 2.45. The van der Waals surface area contributed by atoms with Crippen molar-refractivity contribution in [3.8, 4) is 5.75 Å². The average Bonchev–Trinajstić information content (AvgIpc) is 3.80. The second-order valence-electron chi connectivity index (χ2n) is 14.2. The number of aliphatic hydroxyl groups is 4. The average molecular weight is 777 g/mol. The Kier molecular flexibility index (Phi) is 15.3. The minimum absolute atomic E-state index is 0.0311. The van der Waals surface area contributed by atoms with Crippen LogP contribution < -0.4 is 32.3 Å². The smallest absolute Gasteiger partial charge is 0.248 e. The van der Waals surface area contributed by atoms with Gasteiger partial charge in [-0.3, -0.25) is 33.6 Å². The van der Waals surface area contributed by atoms with Crippen molar-refractivity contribution in [2.24, 2.45) is 5.73 Å². The van der Waals surface area contributed by atoms with Crippen molar-refractivity contribution in [2.75, 3.05) is 26.2 Å². The first-order valence-electron chi connectivity index (χ1n) is 18.3. The van der Waals surface area contributed by atoms with Crippen LogP contribution in [0, 0.1) is 0 Å². The molecule has 0 aromatic heterocycles. The van der Waals surface area contributed by atoms with Gasteiger partial charge in [-0.1, -0.05) is 12.1 Å². The van der Waals surface area contributed by atoms with Gasteiger partial charge < -0.3 is 67.7 Å². The van der Waals surface area contributed by atoms with Crippen molar-refractivity contribution in [3.05, 3.63) is 29.8 Å². The Bertz CT molecular complexity index is 1550. The summed E-state index contributed by atoms with van der Waals surface area (Å²) in [5.41, 5.74) is 6.21. The molecule has 304 valence electrons. The van der Waals surface area contributed by atoms with Crippen LogP contribution in [0.2, 0.25) is 0 Å². The molecule has 3 aliphatic heterocycles. The van der Waals surface area contributed by atoms with Gasteiger partial charge in [0.05, 0.1) is 24.4 Å². The lowest BCUT2D eigenvalue weighted by Gasteiger charge is -2.32. The number of carbonyl (C=O) groups is 7. The maximum Gasteiger partial charge on any atom is 0.248 e. The second-order valence-corrected chi connectivity index (χ2v) is 14.2. The van der Waals surface area contributed by atoms with Crippen LogP contribution in [0.4, 0.5) is 0 Å². The molecular formula is C35H52N8O12. The van der Waals surface area contributed by atoms with Gasteiger partial charge in [-0.15, -0.1) is 0 Å². The van der Waals surface area contributed by atoms with Crippen LogP contribution in [0.1, 0.15) is 51.0 Å². The SMILES string of the molecule is C[C@@H](O)C1NC(=O)[C@@H](NC=O)C[C@@H](O)CNC(=O)C2CCCN2C(=O)C(CCCN)NC(=O)C([C@H](O)Cc2ccc(O)cc2)NC(=O)C2C[C@@H](O)CN2C1=O. The van der Waals surface area contributed by atoms with Crippen molar-refractivity contribution in [1.82, 2.24) is 36.4 Å². The lowest BCUT2D eigenvalue weighted by atomic mass is 9.99. The molecule has 3 fully saturated rings. The molecule has 3 saturated heterocycles. The third-order valence-electron chi connectivity index (χ3n) is 10.0. The number of hydrogen-bond donors (Lipinski definition) is 11. The van der Waals surface area contributed by atoms with E-state index in [1.807, 2.05) is 0 Å². The van der Waals surface area contributed by atoms with Crippen molar-refractivity contribution in [2.45, 2.75) is 113 Å². The number of aliphatic hydroxyl groups excluding tert-OH is 4. The fourth-order valence-corrected chi connectivity index (χ4v) is 7.07. The number of carbonyl (C=O) groups excluding carboxylic acids is 7. The van der Waals surface area contributed by atoms with Crippen LogP contribution in [-0.4, -0.2) is 164 Å². The Balaban J connectivity index is 1.74. The number of phenolic OH excluding ortho intramolecular Hbond substituents is 1. The van der Waals surface area contributed by atoms with Crippen molar-refractivity contribution >= 4 is 41.9 Å². The van der Waals surface area contributed by atoms with Gasteiger partial charge in [0.2, 0.25) is 41.9 Å². The van der Waals surface area contributed by atoms with Crippen LogP contribution in [0.5, 0.6) is 5.75 Å². The molecule has 0 saturated carbocycles. The van der Waals surface area contributed by atoms with E-state index in [1.54, 1.807) is 0 Å². The van der Waals surface area contributed by atoms with Gasteiger partial charge in [0.1, 0.15) is 42.0 Å². The number of phenols is 1. The van der Waals surface area contributed by atoms with Crippen LogP contribution >= 0.6 is 0 Å². The normalized spacial score (nSPS) is 30.1. The molecule has 55 heavy (non-hydrogen) atoms. The fraction of sp³-hybridized carbons (Fsp3) is 0.629. The number of hydrogen-bond acceptors (Lipinski definition) is 13. The zero-order chi connectivity index (χ0) is 40.4. The van der Waals surface area contributed by atoms with E-state index in [0.717, 1.165) is 4.90 Å². The molecule has 20 nitrogen and oxygen atoms in total. The molecule has 4 rings (SSSR count). The zero-order valence-corrected chi connectivity index (χ0v) is 30.5. The maximum atomic E-state index is 14.1. The minimum Gasteiger partial charge on any atom is -0.508 e. The Morgan fingerprint density at radius 1 is 0.873 bits per heavy atom. The first-order chi connectivity index (χ1) is 26.1. The third kappa shape index (κ3) is 11.1. The number of nitrogens with zero attached hydrogens (tertiary/aromatic N) is 2. The van der Waals surface area contributed by atoms with Crippen molar-refractivity contribution in [3.63, 3.8) is 0 Å². The van der Waals surface area contributed by atoms with E-state index in [2.05, 4.69) is 26.6 Å². The molecule has 0 bridgehead atoms. The number of aromatic hydroxyl groups is 1. The third-order valence-corrected chi connectivity index (χ3v) is 10.0. The predicted molar refractivity (Wildman–Crippen MR) is 191 cm³/mol. The molecular weight excluding hydrogens is 724 g/mol. The lowest BCUT2D eigenvalue weighted by Crippen LogP contribution is -2.62. The lowest BCUT2D eigenvalue weighted by molar-refractivity contribution is -0.145. The molecule has 3 heterocycles. The number of benzene rings is 1. The molecule has 0 aliphatic carbocycles. The summed E-state index contributed by atoms with van der Waals surface area (Å²) in [7, 11) is 0. The number of β-amino-alcohol motifs (C(OH)–C–C–N with tert-alkyl or cyclic N) is 1. The van der Waals surface area contributed by atoms with Gasteiger partial charge in [-0.25, -0.2) is 0 Å². The van der Waals surface area contributed by atoms with E-state index in [-0.39, 0.29) is 57.4 Å². The summed E-state index contributed by atoms with van der Waals surface area (Å²) < 4.78 is 0. The van der Waals surface area contributed by atoms with Crippen molar-refractivity contribution in [1.29, 1.82) is 0 Å². The molecule has 1 aromatic carbocycles. The van der Waals surface area contributed by atoms with Crippen LogP contribution in [0.15, 0.2) is 24.3 Å². The van der Waals surface area contributed by atoms with Crippen LogP contribution in [0.3, 0.4) is 0 Å². The summed E-state index contributed by atoms with van der Waals surface area (Å²) in [5, 5.41) is 65.4. The molecule has 0 radical (unpaired) electrons. The molecule has 1 aromatic rings. The monoisotopic (exact) mass is 776 g/mol. The Morgan fingerprint density at radius 2 is 1.56 bits per heavy atom.